The van der Waals surface area contributed by atoms with Gasteiger partial charge in [0.15, 0.2) is 5.82 Å². The fourth-order valence-corrected chi connectivity index (χ4v) is 3.36. The lowest BCUT2D eigenvalue weighted by Gasteiger charge is -2.15. The van der Waals surface area contributed by atoms with E-state index in [1.54, 1.807) is 0 Å². The number of likely N-dealkylation sites (N-methyl/N-ethyl adjacent to an activating group) is 1. The van der Waals surface area contributed by atoms with Gasteiger partial charge in [0.1, 0.15) is 6.17 Å². The maximum absolute atomic E-state index is 12.6. The molecule has 4 N–H and O–H groups in total. The van der Waals surface area contributed by atoms with Gasteiger partial charge in [0.25, 0.3) is 5.91 Å². The van der Waals surface area contributed by atoms with E-state index in [0.717, 1.165) is 48.1 Å². The first-order valence-corrected chi connectivity index (χ1v) is 8.93. The summed E-state index contributed by atoms with van der Waals surface area (Å²) in [6.45, 7) is 5.19. The number of rotatable bonds is 3. The Bertz CT molecular complexity index is 837. The molecule has 1 unspecified atom stereocenters. The van der Waals surface area contributed by atoms with Gasteiger partial charge < -0.3 is 26.2 Å². The van der Waals surface area contributed by atoms with Gasteiger partial charge in [-0.1, -0.05) is 0 Å². The number of carbonyl (C=O) groups excluding carboxylic acids is 1. The smallest absolute Gasteiger partial charge is 0.251 e. The van der Waals surface area contributed by atoms with Gasteiger partial charge in [0, 0.05) is 36.6 Å². The molecule has 1 atom stereocenters. The predicted octanol–water partition coefficient (Wildman–Crippen LogP) is 1.84. The molecule has 1 amide bonds. The van der Waals surface area contributed by atoms with E-state index >= 15 is 0 Å². The molecule has 0 spiro atoms. The summed E-state index contributed by atoms with van der Waals surface area (Å²) in [6, 6.07) is 9.83. The van der Waals surface area contributed by atoms with Crippen LogP contribution in [0.25, 0.3) is 0 Å². The van der Waals surface area contributed by atoms with E-state index in [4.69, 9.17) is 0 Å². The first kappa shape index (κ1) is 16.7. The molecule has 0 bridgehead atoms. The number of aromatic nitrogens is 1. The summed E-state index contributed by atoms with van der Waals surface area (Å²) < 4.78 is 0. The Hall–Kier alpha value is -2.80. The number of amides is 1. The molecule has 3 heterocycles. The fourth-order valence-electron chi connectivity index (χ4n) is 3.36. The SMILES string of the molecule is Cc1ccc2c(n1)NC(CNC(=O)c1ccc3c(c1)CN(C)CCN3)N2. The minimum atomic E-state index is -0.0663. The Labute approximate surface area is 153 Å². The number of pyridine rings is 1. The van der Waals surface area contributed by atoms with Gasteiger partial charge in [0.2, 0.25) is 0 Å². The van der Waals surface area contributed by atoms with Crippen LogP contribution in [-0.2, 0) is 6.54 Å². The second kappa shape index (κ2) is 6.84. The molecule has 1 aromatic carbocycles. The van der Waals surface area contributed by atoms with Crippen molar-refractivity contribution in [1.82, 2.24) is 15.2 Å². The van der Waals surface area contributed by atoms with Crippen molar-refractivity contribution in [1.29, 1.82) is 0 Å². The minimum Gasteiger partial charge on any atom is -0.383 e. The van der Waals surface area contributed by atoms with Crippen molar-refractivity contribution in [2.75, 3.05) is 42.6 Å². The van der Waals surface area contributed by atoms with Gasteiger partial charge in [-0.2, -0.15) is 0 Å². The molecule has 2 aliphatic rings. The average molecular weight is 352 g/mol. The van der Waals surface area contributed by atoms with Crippen molar-refractivity contribution >= 4 is 23.1 Å². The molecule has 7 nitrogen and oxygen atoms in total. The van der Waals surface area contributed by atoms with E-state index in [1.807, 2.05) is 37.3 Å². The highest BCUT2D eigenvalue weighted by Crippen LogP contribution is 2.26. The Kier molecular flexibility index (Phi) is 4.38. The van der Waals surface area contributed by atoms with Gasteiger partial charge in [-0.05, 0) is 49.9 Å². The van der Waals surface area contributed by atoms with E-state index in [-0.39, 0.29) is 12.1 Å². The van der Waals surface area contributed by atoms with Crippen LogP contribution in [0, 0.1) is 6.92 Å². The van der Waals surface area contributed by atoms with Crippen molar-refractivity contribution in [2.45, 2.75) is 19.6 Å². The van der Waals surface area contributed by atoms with Gasteiger partial charge in [-0.25, -0.2) is 4.98 Å². The highest BCUT2D eigenvalue weighted by molar-refractivity contribution is 5.95. The molecule has 0 saturated carbocycles. The zero-order chi connectivity index (χ0) is 18.1. The Balaban J connectivity index is 1.39. The van der Waals surface area contributed by atoms with Crippen molar-refractivity contribution in [3.05, 3.63) is 47.2 Å². The van der Waals surface area contributed by atoms with Crippen molar-refractivity contribution in [3.63, 3.8) is 0 Å². The zero-order valence-corrected chi connectivity index (χ0v) is 15.1. The Morgan fingerprint density at radius 2 is 2.12 bits per heavy atom. The first-order valence-electron chi connectivity index (χ1n) is 8.93. The maximum atomic E-state index is 12.6. The molecule has 26 heavy (non-hydrogen) atoms. The zero-order valence-electron chi connectivity index (χ0n) is 15.1. The third kappa shape index (κ3) is 3.43. The van der Waals surface area contributed by atoms with Crippen molar-refractivity contribution in [3.8, 4) is 0 Å². The molecule has 136 valence electrons. The van der Waals surface area contributed by atoms with Crippen molar-refractivity contribution < 1.29 is 4.79 Å². The molecule has 4 rings (SSSR count). The molecule has 0 saturated heterocycles. The lowest BCUT2D eigenvalue weighted by Crippen LogP contribution is -2.38. The monoisotopic (exact) mass is 352 g/mol. The number of benzene rings is 1. The molecule has 2 aromatic rings. The second-order valence-electron chi connectivity index (χ2n) is 6.94. The van der Waals surface area contributed by atoms with E-state index in [0.29, 0.717) is 12.1 Å². The molecule has 0 fully saturated rings. The summed E-state index contributed by atoms with van der Waals surface area (Å²) in [5.41, 5.74) is 4.88. The summed E-state index contributed by atoms with van der Waals surface area (Å²) in [5.74, 6) is 0.770. The Morgan fingerprint density at radius 3 is 3.00 bits per heavy atom. The summed E-state index contributed by atoms with van der Waals surface area (Å²) in [7, 11) is 2.09. The van der Waals surface area contributed by atoms with E-state index in [9.17, 15) is 4.79 Å². The minimum absolute atomic E-state index is 0.0584. The van der Waals surface area contributed by atoms with Gasteiger partial charge >= 0.3 is 0 Å². The summed E-state index contributed by atoms with van der Waals surface area (Å²) in [5, 5.41) is 13.0. The van der Waals surface area contributed by atoms with Crippen LogP contribution in [0.3, 0.4) is 0 Å². The van der Waals surface area contributed by atoms with E-state index in [1.165, 1.54) is 0 Å². The van der Waals surface area contributed by atoms with Crippen LogP contribution >= 0.6 is 0 Å². The van der Waals surface area contributed by atoms with Crippen LogP contribution in [0.4, 0.5) is 17.2 Å². The van der Waals surface area contributed by atoms with Crippen LogP contribution < -0.4 is 21.3 Å². The van der Waals surface area contributed by atoms with E-state index in [2.05, 4.69) is 38.2 Å². The molecule has 0 aliphatic carbocycles. The van der Waals surface area contributed by atoms with E-state index < -0.39 is 0 Å². The van der Waals surface area contributed by atoms with Crippen LogP contribution in [0.1, 0.15) is 21.6 Å². The molecule has 1 aromatic heterocycles. The standard InChI is InChI=1S/C19H24N6O/c1-12-3-5-16-18(22-12)24-17(23-16)10-21-19(26)13-4-6-15-14(9-13)11-25(2)8-7-20-15/h3-6,9,17,20,23H,7-8,10-11H2,1-2H3,(H,21,26)(H,22,24). The van der Waals surface area contributed by atoms with Crippen LogP contribution in [0.5, 0.6) is 0 Å². The highest BCUT2D eigenvalue weighted by Gasteiger charge is 2.21. The lowest BCUT2D eigenvalue weighted by molar-refractivity contribution is 0.0952. The Morgan fingerprint density at radius 1 is 1.27 bits per heavy atom. The number of aryl methyl sites for hydroxylation is 1. The summed E-state index contributed by atoms with van der Waals surface area (Å²) in [6.07, 6.45) is -0.0584. The van der Waals surface area contributed by atoms with Gasteiger partial charge in [-0.3, -0.25) is 4.79 Å². The normalized spacial score (nSPS) is 18.6. The lowest BCUT2D eigenvalue weighted by atomic mass is 10.1. The third-order valence-corrected chi connectivity index (χ3v) is 4.76. The van der Waals surface area contributed by atoms with Gasteiger partial charge in [-0.15, -0.1) is 0 Å². The van der Waals surface area contributed by atoms with Crippen molar-refractivity contribution in [2.24, 2.45) is 0 Å². The van der Waals surface area contributed by atoms with Crippen LogP contribution in [0.2, 0.25) is 0 Å². The second-order valence-corrected chi connectivity index (χ2v) is 6.94. The maximum Gasteiger partial charge on any atom is 0.251 e. The third-order valence-electron chi connectivity index (χ3n) is 4.76. The molecule has 0 radical (unpaired) electrons. The first-order chi connectivity index (χ1) is 12.6. The van der Waals surface area contributed by atoms with Crippen LogP contribution in [0.15, 0.2) is 30.3 Å². The predicted molar refractivity (Wildman–Crippen MR) is 104 cm³/mol. The number of hydrogen-bond acceptors (Lipinski definition) is 6. The number of anilines is 3. The quantitative estimate of drug-likeness (QED) is 0.675. The summed E-state index contributed by atoms with van der Waals surface area (Å²) in [4.78, 5) is 19.3. The number of hydrogen-bond donors (Lipinski definition) is 4. The average Bonchev–Trinajstić information content (AvgIpc) is 2.92. The largest absolute Gasteiger partial charge is 0.383 e. The molecular formula is C19H24N6O. The number of nitrogens with zero attached hydrogens (tertiary/aromatic N) is 2. The highest BCUT2D eigenvalue weighted by atomic mass is 16.1. The number of carbonyl (C=O) groups is 1. The molecule has 7 heteroatoms. The topological polar surface area (TPSA) is 81.3 Å². The molecular weight excluding hydrogens is 328 g/mol. The fraction of sp³-hybridized carbons (Fsp3) is 0.368. The van der Waals surface area contributed by atoms with Crippen LogP contribution in [-0.4, -0.2) is 48.6 Å². The number of fused-ring (bicyclic) bond motifs is 2. The molecule has 2 aliphatic heterocycles. The summed E-state index contributed by atoms with van der Waals surface area (Å²) >= 11 is 0. The number of nitrogens with one attached hydrogen (secondary N) is 4. The van der Waals surface area contributed by atoms with Gasteiger partial charge in [0.05, 0.1) is 12.2 Å².